The lowest BCUT2D eigenvalue weighted by Gasteiger charge is -2.22. The van der Waals surface area contributed by atoms with Crippen LogP contribution in [0.4, 0.5) is 0 Å². The molecule has 0 aromatic carbocycles. The number of unbranched alkanes of at least 4 members (excludes halogenated alkanes) is 2. The molecular formula is C15H29N3S. The maximum Gasteiger partial charge on any atom is 0.0857 e. The van der Waals surface area contributed by atoms with Crippen molar-refractivity contribution in [1.29, 1.82) is 0 Å². The first-order valence-electron chi connectivity index (χ1n) is 7.56. The predicted molar refractivity (Wildman–Crippen MR) is 83.8 cm³/mol. The fourth-order valence-electron chi connectivity index (χ4n) is 2.19. The Morgan fingerprint density at radius 3 is 2.47 bits per heavy atom. The maximum absolute atomic E-state index is 4.37. The molecule has 0 aliphatic heterocycles. The minimum atomic E-state index is 0.0826. The molecule has 1 N–H and O–H groups in total. The van der Waals surface area contributed by atoms with Crippen molar-refractivity contribution in [2.75, 3.05) is 6.54 Å². The normalized spacial score (nSPS) is 13.7. The van der Waals surface area contributed by atoms with Gasteiger partial charge in [0.1, 0.15) is 0 Å². The van der Waals surface area contributed by atoms with Crippen molar-refractivity contribution in [1.82, 2.24) is 14.9 Å². The Hall–Kier alpha value is -0.480. The van der Waals surface area contributed by atoms with Crippen molar-refractivity contribution in [3.63, 3.8) is 0 Å². The van der Waals surface area contributed by atoms with Crippen LogP contribution in [0.5, 0.6) is 0 Å². The molecular weight excluding hydrogens is 254 g/mol. The number of hydrogen-bond acceptors (Lipinski definition) is 4. The molecule has 0 spiro atoms. The predicted octanol–water partition coefficient (Wildman–Crippen LogP) is 4.46. The van der Waals surface area contributed by atoms with Crippen molar-refractivity contribution in [3.05, 3.63) is 10.6 Å². The van der Waals surface area contributed by atoms with Crippen LogP contribution in [0.25, 0.3) is 0 Å². The van der Waals surface area contributed by atoms with Gasteiger partial charge >= 0.3 is 0 Å². The van der Waals surface area contributed by atoms with Crippen molar-refractivity contribution >= 4 is 11.5 Å². The third kappa shape index (κ3) is 5.19. The summed E-state index contributed by atoms with van der Waals surface area (Å²) in [7, 11) is 0. The maximum atomic E-state index is 4.37. The summed E-state index contributed by atoms with van der Waals surface area (Å²) in [5, 5.41) is 8.05. The van der Waals surface area contributed by atoms with Crippen molar-refractivity contribution in [2.45, 2.75) is 78.2 Å². The van der Waals surface area contributed by atoms with E-state index in [-0.39, 0.29) is 5.41 Å². The molecule has 1 rings (SSSR count). The van der Waals surface area contributed by atoms with Crippen molar-refractivity contribution in [2.24, 2.45) is 0 Å². The second-order valence-corrected chi connectivity index (χ2v) is 7.02. The standard InChI is InChI=1S/C15H29N3S/c1-6-8-9-10-12(16-11-7-2)13-14(15(3,4)5)17-18-19-13/h12,16H,6-11H2,1-5H3. The van der Waals surface area contributed by atoms with E-state index < -0.39 is 0 Å². The van der Waals surface area contributed by atoms with Gasteiger partial charge in [-0.2, -0.15) is 0 Å². The van der Waals surface area contributed by atoms with Crippen LogP contribution in [0, 0.1) is 0 Å². The lowest BCUT2D eigenvalue weighted by atomic mass is 9.89. The second kappa shape index (κ2) is 7.95. The van der Waals surface area contributed by atoms with Gasteiger partial charge in [-0.3, -0.25) is 0 Å². The molecule has 19 heavy (non-hydrogen) atoms. The van der Waals surface area contributed by atoms with Gasteiger partial charge in [-0.05, 0) is 30.9 Å². The summed E-state index contributed by atoms with van der Waals surface area (Å²) in [5.74, 6) is 0. The molecule has 1 aromatic rings. The lowest BCUT2D eigenvalue weighted by molar-refractivity contribution is 0.464. The third-order valence-corrected chi connectivity index (χ3v) is 4.12. The van der Waals surface area contributed by atoms with Crippen LogP contribution in [0.3, 0.4) is 0 Å². The Morgan fingerprint density at radius 1 is 1.16 bits per heavy atom. The van der Waals surface area contributed by atoms with Gasteiger partial charge in [-0.1, -0.05) is 58.4 Å². The molecule has 4 heteroatoms. The minimum absolute atomic E-state index is 0.0826. The topological polar surface area (TPSA) is 37.8 Å². The van der Waals surface area contributed by atoms with Crippen LogP contribution in [-0.2, 0) is 5.41 Å². The number of aromatic nitrogens is 2. The fraction of sp³-hybridized carbons (Fsp3) is 0.867. The zero-order valence-electron chi connectivity index (χ0n) is 13.1. The van der Waals surface area contributed by atoms with Crippen molar-refractivity contribution in [3.8, 4) is 0 Å². The third-order valence-electron chi connectivity index (χ3n) is 3.28. The number of rotatable bonds is 8. The first kappa shape index (κ1) is 16.6. The van der Waals surface area contributed by atoms with Crippen LogP contribution in [0.2, 0.25) is 0 Å². The quantitative estimate of drug-likeness (QED) is 0.716. The molecule has 110 valence electrons. The van der Waals surface area contributed by atoms with Crippen LogP contribution in [-0.4, -0.2) is 16.1 Å². The first-order valence-corrected chi connectivity index (χ1v) is 8.34. The molecule has 3 nitrogen and oxygen atoms in total. The van der Waals surface area contributed by atoms with Gasteiger partial charge in [0.2, 0.25) is 0 Å². The molecule has 0 fully saturated rings. The van der Waals surface area contributed by atoms with Crippen LogP contribution >= 0.6 is 11.5 Å². The molecule has 0 aliphatic carbocycles. The van der Waals surface area contributed by atoms with Crippen LogP contribution in [0.1, 0.15) is 83.3 Å². The Bertz CT molecular complexity index is 355. The van der Waals surface area contributed by atoms with E-state index in [1.807, 2.05) is 0 Å². The molecule has 0 bridgehead atoms. The van der Waals surface area contributed by atoms with E-state index in [0.717, 1.165) is 6.54 Å². The van der Waals surface area contributed by atoms with Gasteiger partial charge in [0.05, 0.1) is 10.6 Å². The average molecular weight is 283 g/mol. The van der Waals surface area contributed by atoms with Crippen LogP contribution in [0.15, 0.2) is 0 Å². The van der Waals surface area contributed by atoms with E-state index in [1.54, 1.807) is 11.5 Å². The molecule has 0 radical (unpaired) electrons. The lowest BCUT2D eigenvalue weighted by Crippen LogP contribution is -2.25. The average Bonchev–Trinajstić information content (AvgIpc) is 2.82. The number of hydrogen-bond donors (Lipinski definition) is 1. The van der Waals surface area contributed by atoms with E-state index in [0.29, 0.717) is 6.04 Å². The molecule has 1 unspecified atom stereocenters. The molecule has 1 aromatic heterocycles. The largest absolute Gasteiger partial charge is 0.309 e. The minimum Gasteiger partial charge on any atom is -0.309 e. The van der Waals surface area contributed by atoms with E-state index in [9.17, 15) is 0 Å². The highest BCUT2D eigenvalue weighted by Gasteiger charge is 2.26. The van der Waals surface area contributed by atoms with Gasteiger partial charge in [-0.25, -0.2) is 0 Å². The highest BCUT2D eigenvalue weighted by atomic mass is 32.1. The molecule has 0 saturated carbocycles. The van der Waals surface area contributed by atoms with E-state index in [4.69, 9.17) is 0 Å². The van der Waals surface area contributed by atoms with E-state index >= 15 is 0 Å². The van der Waals surface area contributed by atoms with E-state index in [2.05, 4.69) is 49.5 Å². The molecule has 0 aliphatic rings. The summed E-state index contributed by atoms with van der Waals surface area (Å²) in [4.78, 5) is 1.34. The van der Waals surface area contributed by atoms with Gasteiger partial charge in [-0.15, -0.1) is 5.10 Å². The monoisotopic (exact) mass is 283 g/mol. The van der Waals surface area contributed by atoms with Gasteiger partial charge < -0.3 is 5.32 Å². The Labute approximate surface area is 122 Å². The zero-order chi connectivity index (χ0) is 14.3. The summed E-state index contributed by atoms with van der Waals surface area (Å²) in [5.41, 5.74) is 1.25. The van der Waals surface area contributed by atoms with Gasteiger partial charge in [0.25, 0.3) is 0 Å². The molecule has 1 atom stereocenters. The summed E-state index contributed by atoms with van der Waals surface area (Å²) < 4.78 is 4.20. The Balaban J connectivity index is 2.81. The zero-order valence-corrected chi connectivity index (χ0v) is 13.9. The van der Waals surface area contributed by atoms with Crippen molar-refractivity contribution < 1.29 is 0 Å². The second-order valence-electron chi connectivity index (χ2n) is 6.24. The first-order chi connectivity index (χ1) is 9.00. The SMILES string of the molecule is CCCCCC(NCCC)c1snnc1C(C)(C)C. The summed E-state index contributed by atoms with van der Waals surface area (Å²) in [6, 6.07) is 0.431. The summed E-state index contributed by atoms with van der Waals surface area (Å²) in [6.07, 6.45) is 6.22. The molecule has 1 heterocycles. The van der Waals surface area contributed by atoms with E-state index in [1.165, 1.54) is 42.7 Å². The fourth-order valence-corrected chi connectivity index (χ4v) is 3.16. The van der Waals surface area contributed by atoms with Gasteiger partial charge in [0, 0.05) is 11.5 Å². The smallest absolute Gasteiger partial charge is 0.0857 e. The highest BCUT2D eigenvalue weighted by Crippen LogP contribution is 2.32. The molecule has 0 amide bonds. The Kier molecular flexibility index (Phi) is 6.94. The molecule has 0 saturated heterocycles. The summed E-state index contributed by atoms with van der Waals surface area (Å²) >= 11 is 1.57. The Morgan fingerprint density at radius 2 is 1.89 bits per heavy atom. The van der Waals surface area contributed by atoms with Crippen LogP contribution < -0.4 is 5.32 Å². The highest BCUT2D eigenvalue weighted by molar-refractivity contribution is 7.05. The number of nitrogens with one attached hydrogen (secondary N) is 1. The number of nitrogens with zero attached hydrogens (tertiary/aromatic N) is 2. The summed E-state index contributed by atoms with van der Waals surface area (Å²) in [6.45, 7) is 12.2. The van der Waals surface area contributed by atoms with Gasteiger partial charge in [0.15, 0.2) is 0 Å².